The number of nitrogens with one attached hydrogen (secondary N) is 1. The number of guanidine groups is 1. The van der Waals surface area contributed by atoms with E-state index in [1.807, 2.05) is 11.3 Å². The van der Waals surface area contributed by atoms with Crippen LogP contribution in [0, 0.1) is 0 Å². The van der Waals surface area contributed by atoms with Gasteiger partial charge >= 0.3 is 0 Å². The van der Waals surface area contributed by atoms with Gasteiger partial charge in [0.2, 0.25) is 0 Å². The lowest BCUT2D eigenvalue weighted by atomic mass is 9.73. The first-order valence-electron chi connectivity index (χ1n) is 11.5. The molecule has 1 aromatic heterocycles. The number of nitrogens with zero attached hydrogens (tertiary/aromatic N) is 2. The summed E-state index contributed by atoms with van der Waals surface area (Å²) in [5, 5.41) is 5.77. The summed E-state index contributed by atoms with van der Waals surface area (Å²) >= 11 is 1.91. The highest BCUT2D eigenvalue weighted by Crippen LogP contribution is 2.41. The molecule has 0 unspecified atom stereocenters. The first-order chi connectivity index (χ1) is 14.3. The molecule has 1 saturated carbocycles. The molecule has 2 aliphatic rings. The summed E-state index contributed by atoms with van der Waals surface area (Å²) in [6.07, 6.45) is 10.1. The van der Waals surface area contributed by atoms with Crippen molar-refractivity contribution in [1.82, 2.24) is 10.2 Å². The van der Waals surface area contributed by atoms with Crippen LogP contribution in [0.3, 0.4) is 0 Å². The predicted molar refractivity (Wildman–Crippen MR) is 138 cm³/mol. The average Bonchev–Trinajstić information content (AvgIpc) is 3.31. The number of aliphatic imine (C=N–C) groups is 1. The van der Waals surface area contributed by atoms with Crippen molar-refractivity contribution in [3.05, 3.63) is 22.4 Å². The van der Waals surface area contributed by atoms with Crippen LogP contribution in [-0.4, -0.2) is 63.5 Å². The van der Waals surface area contributed by atoms with Crippen LogP contribution in [0.15, 0.2) is 22.5 Å². The van der Waals surface area contributed by atoms with Crippen LogP contribution in [0.5, 0.6) is 0 Å². The Hall–Kier alpha value is -0.380. The van der Waals surface area contributed by atoms with E-state index < -0.39 is 0 Å². The minimum Gasteiger partial charge on any atom is -0.385 e. The van der Waals surface area contributed by atoms with Crippen molar-refractivity contribution in [2.24, 2.45) is 4.99 Å². The number of halogens is 1. The molecule has 2 heterocycles. The van der Waals surface area contributed by atoms with Crippen LogP contribution in [0.4, 0.5) is 0 Å². The fraction of sp³-hybridized carbons (Fsp3) is 0.783. The molecule has 0 aromatic carbocycles. The molecule has 0 atom stereocenters. The van der Waals surface area contributed by atoms with Gasteiger partial charge in [-0.2, -0.15) is 0 Å². The van der Waals surface area contributed by atoms with Gasteiger partial charge in [0.15, 0.2) is 5.96 Å². The van der Waals surface area contributed by atoms with Crippen LogP contribution in [0.25, 0.3) is 0 Å². The van der Waals surface area contributed by atoms with Crippen LogP contribution in [0.2, 0.25) is 0 Å². The van der Waals surface area contributed by atoms with Crippen molar-refractivity contribution in [1.29, 1.82) is 0 Å². The molecular weight excluding hydrogens is 509 g/mol. The van der Waals surface area contributed by atoms with Gasteiger partial charge in [0, 0.05) is 50.2 Å². The van der Waals surface area contributed by atoms with Crippen molar-refractivity contribution < 1.29 is 9.47 Å². The second-order valence-electron chi connectivity index (χ2n) is 8.39. The smallest absolute Gasteiger partial charge is 0.193 e. The quantitative estimate of drug-likeness (QED) is 0.203. The Morgan fingerprint density at radius 3 is 2.63 bits per heavy atom. The summed E-state index contributed by atoms with van der Waals surface area (Å²) in [4.78, 5) is 9.14. The standard InChI is InChI=1S/C23H39N3O2S.HI/c1-3-24-22(26-14-10-20(11-15-26)28-17-8-16-27-2)25-19-23(12-5-4-6-13-23)21-9-7-18-29-21;/h7,9,18,20H,3-6,8,10-17,19H2,1-2H3,(H,24,25);1H. The first kappa shape index (κ1) is 25.9. The summed E-state index contributed by atoms with van der Waals surface area (Å²) in [6, 6.07) is 4.52. The van der Waals surface area contributed by atoms with Gasteiger partial charge in [-0.1, -0.05) is 25.3 Å². The third-order valence-electron chi connectivity index (χ3n) is 6.31. The Morgan fingerprint density at radius 2 is 2.00 bits per heavy atom. The van der Waals surface area contributed by atoms with Crippen molar-refractivity contribution in [3.63, 3.8) is 0 Å². The maximum Gasteiger partial charge on any atom is 0.193 e. The Bertz CT molecular complexity index is 598. The molecule has 0 amide bonds. The van der Waals surface area contributed by atoms with Gasteiger partial charge in [-0.15, -0.1) is 35.3 Å². The molecule has 3 rings (SSSR count). The van der Waals surface area contributed by atoms with Gasteiger partial charge in [0.1, 0.15) is 0 Å². The lowest BCUT2D eigenvalue weighted by molar-refractivity contribution is 0.00988. The highest BCUT2D eigenvalue weighted by Gasteiger charge is 2.35. The second-order valence-corrected chi connectivity index (χ2v) is 9.34. The number of hydrogen-bond donors (Lipinski definition) is 1. The van der Waals surface area contributed by atoms with Crippen molar-refractivity contribution in [3.8, 4) is 0 Å². The minimum absolute atomic E-state index is 0. The van der Waals surface area contributed by atoms with Gasteiger partial charge in [0.05, 0.1) is 12.6 Å². The van der Waals surface area contributed by atoms with Gasteiger partial charge in [0.25, 0.3) is 0 Å². The predicted octanol–water partition coefficient (Wildman–Crippen LogP) is 5.05. The lowest BCUT2D eigenvalue weighted by Crippen LogP contribution is -2.47. The number of likely N-dealkylation sites (tertiary alicyclic amines) is 1. The Balaban J connectivity index is 0.00000320. The minimum atomic E-state index is 0. The van der Waals surface area contributed by atoms with Crippen molar-refractivity contribution in [2.75, 3.05) is 46.5 Å². The summed E-state index contributed by atoms with van der Waals surface area (Å²) in [7, 11) is 1.75. The molecular formula is C23H40IN3O2S. The van der Waals surface area contributed by atoms with Gasteiger partial charge in [-0.25, -0.2) is 0 Å². The molecule has 1 saturated heterocycles. The fourth-order valence-corrected chi connectivity index (χ4v) is 5.61. The molecule has 1 aromatic rings. The van der Waals surface area contributed by atoms with Crippen LogP contribution >= 0.6 is 35.3 Å². The van der Waals surface area contributed by atoms with Gasteiger partial charge in [-0.05, 0) is 50.5 Å². The van der Waals surface area contributed by atoms with Crippen LogP contribution in [0.1, 0.15) is 63.2 Å². The van der Waals surface area contributed by atoms with Crippen molar-refractivity contribution in [2.45, 2.75) is 69.8 Å². The fourth-order valence-electron chi connectivity index (χ4n) is 4.63. The van der Waals surface area contributed by atoms with Crippen molar-refractivity contribution >= 4 is 41.3 Å². The van der Waals surface area contributed by atoms with E-state index in [0.29, 0.717) is 6.10 Å². The first-order valence-corrected chi connectivity index (χ1v) is 12.3. The topological polar surface area (TPSA) is 46.1 Å². The van der Waals surface area contributed by atoms with E-state index >= 15 is 0 Å². The third-order valence-corrected chi connectivity index (χ3v) is 7.43. The number of piperidine rings is 1. The molecule has 2 fully saturated rings. The highest BCUT2D eigenvalue weighted by atomic mass is 127. The number of ether oxygens (including phenoxy) is 2. The third kappa shape index (κ3) is 7.35. The number of hydrogen-bond acceptors (Lipinski definition) is 4. The molecule has 1 aliphatic heterocycles. The maximum absolute atomic E-state index is 6.03. The molecule has 172 valence electrons. The van der Waals surface area contributed by atoms with E-state index in [0.717, 1.165) is 64.6 Å². The molecule has 1 N–H and O–H groups in total. The van der Waals surface area contributed by atoms with E-state index in [9.17, 15) is 0 Å². The summed E-state index contributed by atoms with van der Waals surface area (Å²) < 4.78 is 11.1. The number of methoxy groups -OCH3 is 1. The van der Waals surface area contributed by atoms with E-state index in [4.69, 9.17) is 14.5 Å². The Kier molecular flexibility index (Phi) is 12.0. The van der Waals surface area contributed by atoms with Crippen LogP contribution < -0.4 is 5.32 Å². The van der Waals surface area contributed by atoms with E-state index in [-0.39, 0.29) is 29.4 Å². The lowest BCUT2D eigenvalue weighted by Gasteiger charge is -2.37. The highest BCUT2D eigenvalue weighted by molar-refractivity contribution is 14.0. The molecule has 1 aliphatic carbocycles. The van der Waals surface area contributed by atoms with E-state index in [1.165, 1.54) is 37.0 Å². The van der Waals surface area contributed by atoms with Gasteiger partial charge in [-0.3, -0.25) is 4.99 Å². The average molecular weight is 550 g/mol. The molecule has 30 heavy (non-hydrogen) atoms. The Morgan fingerprint density at radius 1 is 1.23 bits per heavy atom. The maximum atomic E-state index is 6.03. The summed E-state index contributed by atoms with van der Waals surface area (Å²) in [5.74, 6) is 1.09. The zero-order chi connectivity index (χ0) is 20.4. The SMILES string of the molecule is CCNC(=NCC1(c2cccs2)CCCCC1)N1CCC(OCCCOC)CC1.I. The van der Waals surface area contributed by atoms with E-state index in [2.05, 4.69) is 34.7 Å². The largest absolute Gasteiger partial charge is 0.385 e. The second kappa shape index (κ2) is 13.9. The van der Waals surface area contributed by atoms with Gasteiger partial charge < -0.3 is 19.7 Å². The monoisotopic (exact) mass is 549 g/mol. The molecule has 7 heteroatoms. The Labute approximate surface area is 204 Å². The van der Waals surface area contributed by atoms with Crippen LogP contribution in [-0.2, 0) is 14.9 Å². The molecule has 0 radical (unpaired) electrons. The molecule has 5 nitrogen and oxygen atoms in total. The zero-order valence-corrected chi connectivity index (χ0v) is 21.9. The van der Waals surface area contributed by atoms with E-state index in [1.54, 1.807) is 7.11 Å². The normalized spacial score (nSPS) is 20.1. The molecule has 0 bridgehead atoms. The zero-order valence-electron chi connectivity index (χ0n) is 18.7. The summed E-state index contributed by atoms with van der Waals surface area (Å²) in [6.45, 7) is 7.61. The molecule has 0 spiro atoms. The number of thiophene rings is 1. The number of rotatable bonds is 9. The summed E-state index contributed by atoms with van der Waals surface area (Å²) in [5.41, 5.74) is 0.246.